The van der Waals surface area contributed by atoms with E-state index in [1.807, 2.05) is 53.4 Å². The van der Waals surface area contributed by atoms with E-state index in [0.29, 0.717) is 29.4 Å². The normalized spacial score (nSPS) is 11.0. The van der Waals surface area contributed by atoms with Crippen molar-refractivity contribution >= 4 is 28.5 Å². The first-order chi connectivity index (χ1) is 15.7. The zero-order valence-electron chi connectivity index (χ0n) is 16.9. The van der Waals surface area contributed by atoms with Gasteiger partial charge in [-0.1, -0.05) is 35.0 Å². The van der Waals surface area contributed by atoms with Crippen LogP contribution in [0.1, 0.15) is 21.6 Å². The Bertz CT molecular complexity index is 1390. The lowest BCUT2D eigenvalue weighted by Gasteiger charge is -2.09. The van der Waals surface area contributed by atoms with E-state index >= 15 is 0 Å². The molecule has 8 nitrogen and oxygen atoms in total. The Hall–Kier alpha value is -4.04. The van der Waals surface area contributed by atoms with E-state index in [1.165, 1.54) is 0 Å². The van der Waals surface area contributed by atoms with Crippen LogP contribution in [0, 0.1) is 0 Å². The smallest absolute Gasteiger partial charge is 0.253 e. The lowest BCUT2D eigenvalue weighted by molar-refractivity contribution is 0.0950. The Kier molecular flexibility index (Phi) is 5.35. The van der Waals surface area contributed by atoms with Crippen molar-refractivity contribution in [2.45, 2.75) is 13.1 Å². The Morgan fingerprint density at radius 3 is 2.84 bits per heavy atom. The quantitative estimate of drug-likeness (QED) is 0.432. The lowest BCUT2D eigenvalue weighted by atomic mass is 10.1. The zero-order chi connectivity index (χ0) is 21.9. The molecule has 0 saturated heterocycles. The highest BCUT2D eigenvalue weighted by molar-refractivity contribution is 6.35. The Balaban J connectivity index is 1.37. The number of nitrogens with zero attached hydrogens (tertiary/aromatic N) is 6. The van der Waals surface area contributed by atoms with Crippen LogP contribution in [0.3, 0.4) is 0 Å². The molecule has 9 heteroatoms. The number of nitrogens with one attached hydrogen (secondary N) is 1. The average molecular weight is 444 g/mol. The summed E-state index contributed by atoms with van der Waals surface area (Å²) < 4.78 is 3.57. The van der Waals surface area contributed by atoms with Crippen molar-refractivity contribution in [3.05, 3.63) is 101 Å². The third-order valence-electron chi connectivity index (χ3n) is 5.05. The van der Waals surface area contributed by atoms with E-state index < -0.39 is 0 Å². The molecule has 0 unspecified atom stereocenters. The monoisotopic (exact) mass is 443 g/mol. The fraction of sp³-hybridized carbons (Fsp3) is 0.0870. The first kappa shape index (κ1) is 19.9. The van der Waals surface area contributed by atoms with E-state index in [-0.39, 0.29) is 5.91 Å². The van der Waals surface area contributed by atoms with Gasteiger partial charge in [0.25, 0.3) is 5.91 Å². The highest BCUT2D eigenvalue weighted by Crippen LogP contribution is 2.23. The molecule has 4 aromatic heterocycles. The van der Waals surface area contributed by atoms with Gasteiger partial charge in [0, 0.05) is 36.7 Å². The van der Waals surface area contributed by atoms with E-state index in [1.54, 1.807) is 35.4 Å². The third-order valence-corrected chi connectivity index (χ3v) is 5.38. The predicted molar refractivity (Wildman–Crippen MR) is 121 cm³/mol. The standard InChI is InChI=1S/C23H18ClN7O/c24-20-7-10-26-22-18(20)8-11-30(22)14-17-15-31(29-28-17)21-6-2-1-5-19(21)23(32)27-13-16-4-3-9-25-12-16/h1-12,15H,13-14H2,(H,27,32). The fourth-order valence-corrected chi connectivity index (χ4v) is 3.70. The van der Waals surface area contributed by atoms with Gasteiger partial charge in [0.2, 0.25) is 0 Å². The van der Waals surface area contributed by atoms with Crippen molar-refractivity contribution < 1.29 is 4.79 Å². The zero-order valence-corrected chi connectivity index (χ0v) is 17.6. The molecule has 0 aliphatic carbocycles. The number of para-hydroxylation sites is 1. The number of halogens is 1. The Morgan fingerprint density at radius 2 is 1.97 bits per heavy atom. The molecule has 0 radical (unpaired) electrons. The molecular formula is C23H18ClN7O. The first-order valence-electron chi connectivity index (χ1n) is 9.96. The van der Waals surface area contributed by atoms with E-state index in [2.05, 4.69) is 25.6 Å². The maximum atomic E-state index is 12.8. The van der Waals surface area contributed by atoms with Crippen LogP contribution in [-0.4, -0.2) is 35.4 Å². The SMILES string of the molecule is O=C(NCc1cccnc1)c1ccccc1-n1cc(Cn2ccc3c(Cl)ccnc32)nn1. The van der Waals surface area contributed by atoms with Crippen LogP contribution in [0.4, 0.5) is 0 Å². The van der Waals surface area contributed by atoms with E-state index in [4.69, 9.17) is 11.6 Å². The second-order valence-electron chi connectivity index (χ2n) is 7.19. The third kappa shape index (κ3) is 3.95. The minimum absolute atomic E-state index is 0.197. The minimum Gasteiger partial charge on any atom is -0.348 e. The molecule has 158 valence electrons. The number of hydrogen-bond acceptors (Lipinski definition) is 5. The fourth-order valence-electron chi connectivity index (χ4n) is 3.49. The summed E-state index contributed by atoms with van der Waals surface area (Å²) in [5.41, 5.74) is 3.59. The summed E-state index contributed by atoms with van der Waals surface area (Å²) >= 11 is 6.24. The molecule has 1 N–H and O–H groups in total. The van der Waals surface area contributed by atoms with Gasteiger partial charge in [-0.15, -0.1) is 5.10 Å². The molecule has 0 saturated carbocycles. The summed E-state index contributed by atoms with van der Waals surface area (Å²) in [7, 11) is 0. The number of fused-ring (bicyclic) bond motifs is 1. The number of carbonyl (C=O) groups excluding carboxylic acids is 1. The molecule has 1 amide bonds. The highest BCUT2D eigenvalue weighted by Gasteiger charge is 2.15. The topological polar surface area (TPSA) is 90.5 Å². The van der Waals surface area contributed by atoms with Gasteiger partial charge in [0.1, 0.15) is 11.3 Å². The van der Waals surface area contributed by atoms with Gasteiger partial charge in [0.05, 0.1) is 29.0 Å². The van der Waals surface area contributed by atoms with Gasteiger partial charge >= 0.3 is 0 Å². The molecule has 1 aromatic carbocycles. The second-order valence-corrected chi connectivity index (χ2v) is 7.60. The molecule has 0 atom stereocenters. The predicted octanol–water partition coefficient (Wildman–Crippen LogP) is 3.64. The van der Waals surface area contributed by atoms with Gasteiger partial charge in [-0.2, -0.15) is 0 Å². The number of hydrogen-bond donors (Lipinski definition) is 1. The van der Waals surface area contributed by atoms with E-state index in [0.717, 1.165) is 22.3 Å². The summed E-state index contributed by atoms with van der Waals surface area (Å²) in [6, 6.07) is 14.7. The van der Waals surface area contributed by atoms with Crippen molar-refractivity contribution in [2.24, 2.45) is 0 Å². The van der Waals surface area contributed by atoms with Gasteiger partial charge in [-0.3, -0.25) is 9.78 Å². The van der Waals surface area contributed by atoms with Crippen molar-refractivity contribution in [3.8, 4) is 5.69 Å². The molecule has 4 heterocycles. The molecule has 0 aliphatic heterocycles. The number of rotatable bonds is 6. The first-order valence-corrected chi connectivity index (χ1v) is 10.3. The number of benzene rings is 1. The number of carbonyl (C=O) groups is 1. The Labute approximate surface area is 188 Å². The number of pyridine rings is 2. The largest absolute Gasteiger partial charge is 0.348 e. The molecule has 0 fully saturated rings. The molecule has 32 heavy (non-hydrogen) atoms. The van der Waals surface area contributed by atoms with Crippen LogP contribution in [-0.2, 0) is 13.1 Å². The number of aromatic nitrogens is 6. The molecule has 5 rings (SSSR count). The second kappa shape index (κ2) is 8.60. The highest BCUT2D eigenvalue weighted by atomic mass is 35.5. The van der Waals surface area contributed by atoms with Crippen molar-refractivity contribution in [2.75, 3.05) is 0 Å². The van der Waals surface area contributed by atoms with Crippen LogP contribution in [0.2, 0.25) is 5.02 Å². The number of amides is 1. The summed E-state index contributed by atoms with van der Waals surface area (Å²) in [4.78, 5) is 21.3. The van der Waals surface area contributed by atoms with Crippen molar-refractivity contribution in [3.63, 3.8) is 0 Å². The summed E-state index contributed by atoms with van der Waals surface area (Å²) in [6.45, 7) is 0.867. The van der Waals surface area contributed by atoms with Gasteiger partial charge in [-0.25, -0.2) is 9.67 Å². The molecule has 0 aliphatic rings. The van der Waals surface area contributed by atoms with Crippen LogP contribution in [0.25, 0.3) is 16.7 Å². The van der Waals surface area contributed by atoms with Crippen molar-refractivity contribution in [1.82, 2.24) is 34.8 Å². The Morgan fingerprint density at radius 1 is 1.06 bits per heavy atom. The van der Waals surface area contributed by atoms with Gasteiger partial charge in [-0.05, 0) is 35.9 Å². The van der Waals surface area contributed by atoms with Crippen molar-refractivity contribution in [1.29, 1.82) is 0 Å². The lowest BCUT2D eigenvalue weighted by Crippen LogP contribution is -2.24. The average Bonchev–Trinajstić information content (AvgIpc) is 3.47. The summed E-state index contributed by atoms with van der Waals surface area (Å²) in [6.07, 6.45) is 8.83. The maximum Gasteiger partial charge on any atom is 0.253 e. The summed E-state index contributed by atoms with van der Waals surface area (Å²) in [5, 5.41) is 13.0. The minimum atomic E-state index is -0.197. The molecule has 5 aromatic rings. The van der Waals surface area contributed by atoms with Crippen LogP contribution in [0.5, 0.6) is 0 Å². The van der Waals surface area contributed by atoms with E-state index in [9.17, 15) is 4.79 Å². The van der Waals surface area contributed by atoms with Gasteiger partial charge in [0.15, 0.2) is 0 Å². The maximum absolute atomic E-state index is 12.8. The summed E-state index contributed by atoms with van der Waals surface area (Å²) in [5.74, 6) is -0.197. The van der Waals surface area contributed by atoms with Gasteiger partial charge < -0.3 is 9.88 Å². The van der Waals surface area contributed by atoms with Crippen LogP contribution in [0.15, 0.2) is 79.5 Å². The molecule has 0 bridgehead atoms. The van der Waals surface area contributed by atoms with Crippen LogP contribution >= 0.6 is 11.6 Å². The van der Waals surface area contributed by atoms with Crippen LogP contribution < -0.4 is 5.32 Å². The molecule has 0 spiro atoms. The molecular weight excluding hydrogens is 426 g/mol.